The maximum absolute atomic E-state index is 12.0. The number of carboxylic acids is 1. The van der Waals surface area contributed by atoms with Gasteiger partial charge < -0.3 is 10.4 Å². The summed E-state index contributed by atoms with van der Waals surface area (Å²) in [7, 11) is 0. The highest BCUT2D eigenvalue weighted by Gasteiger charge is 2.28. The summed E-state index contributed by atoms with van der Waals surface area (Å²) < 4.78 is 0. The molecule has 110 valence electrons. The van der Waals surface area contributed by atoms with Gasteiger partial charge in [0.25, 0.3) is 0 Å². The lowest BCUT2D eigenvalue weighted by Crippen LogP contribution is -2.40. The Kier molecular flexibility index (Phi) is 5.39. The largest absolute Gasteiger partial charge is 0.481 e. The van der Waals surface area contributed by atoms with Gasteiger partial charge in [0.05, 0.1) is 5.92 Å². The zero-order chi connectivity index (χ0) is 14.6. The first kappa shape index (κ1) is 16.0. The van der Waals surface area contributed by atoms with Crippen LogP contribution in [0.5, 0.6) is 0 Å². The third kappa shape index (κ3) is 5.21. The molecular weight excluding hydrogens is 242 g/mol. The summed E-state index contributed by atoms with van der Waals surface area (Å²) in [5.41, 5.74) is 0.137. The number of amides is 1. The van der Waals surface area contributed by atoms with Crippen molar-refractivity contribution in [2.24, 2.45) is 17.3 Å². The molecule has 0 heterocycles. The molecule has 0 aromatic carbocycles. The predicted octanol–water partition coefficient (Wildman–Crippen LogP) is 2.82. The van der Waals surface area contributed by atoms with Crippen LogP contribution >= 0.6 is 0 Å². The summed E-state index contributed by atoms with van der Waals surface area (Å²) in [5.74, 6) is -0.489. The normalized spacial score (nSPS) is 25.7. The molecule has 19 heavy (non-hydrogen) atoms. The van der Waals surface area contributed by atoms with Crippen LogP contribution in [-0.2, 0) is 9.59 Å². The van der Waals surface area contributed by atoms with Crippen LogP contribution in [0.3, 0.4) is 0 Å². The molecule has 1 rings (SSSR count). The van der Waals surface area contributed by atoms with Gasteiger partial charge in [-0.2, -0.15) is 0 Å². The number of aliphatic carboxylic acids is 1. The Morgan fingerprint density at radius 3 is 2.16 bits per heavy atom. The van der Waals surface area contributed by atoms with E-state index in [1.165, 1.54) is 0 Å². The van der Waals surface area contributed by atoms with Crippen molar-refractivity contribution < 1.29 is 14.7 Å². The second-order valence-corrected chi connectivity index (χ2v) is 6.93. The summed E-state index contributed by atoms with van der Waals surface area (Å²) in [4.78, 5) is 22.8. The van der Waals surface area contributed by atoms with Gasteiger partial charge in [-0.05, 0) is 37.0 Å². The van der Waals surface area contributed by atoms with E-state index in [1.807, 2.05) is 0 Å². The van der Waals surface area contributed by atoms with Gasteiger partial charge in [0.15, 0.2) is 0 Å². The molecule has 0 radical (unpaired) electrons. The van der Waals surface area contributed by atoms with E-state index in [1.54, 1.807) is 0 Å². The number of hydrogen-bond donors (Lipinski definition) is 2. The lowest BCUT2D eigenvalue weighted by molar-refractivity contribution is -0.142. The van der Waals surface area contributed by atoms with E-state index >= 15 is 0 Å². The van der Waals surface area contributed by atoms with E-state index < -0.39 is 5.97 Å². The first-order chi connectivity index (χ1) is 8.70. The summed E-state index contributed by atoms with van der Waals surface area (Å²) in [5, 5.41) is 12.0. The molecule has 1 aliphatic carbocycles. The highest BCUT2D eigenvalue weighted by Crippen LogP contribution is 2.28. The van der Waals surface area contributed by atoms with Crippen LogP contribution in [-0.4, -0.2) is 23.0 Å². The zero-order valence-corrected chi connectivity index (χ0v) is 12.5. The highest BCUT2D eigenvalue weighted by atomic mass is 16.4. The lowest BCUT2D eigenvalue weighted by Gasteiger charge is -2.29. The SMILES string of the molecule is CC(CC(=O)NC1CCC(C(=O)O)CC1)C(C)(C)C. The van der Waals surface area contributed by atoms with E-state index in [9.17, 15) is 9.59 Å². The Balaban J connectivity index is 2.33. The minimum Gasteiger partial charge on any atom is -0.481 e. The quantitative estimate of drug-likeness (QED) is 0.824. The summed E-state index contributed by atoms with van der Waals surface area (Å²) in [6.07, 6.45) is 3.46. The van der Waals surface area contributed by atoms with Crippen LogP contribution in [0.1, 0.15) is 59.8 Å². The molecule has 4 heteroatoms. The Hall–Kier alpha value is -1.06. The van der Waals surface area contributed by atoms with Crippen LogP contribution in [0.25, 0.3) is 0 Å². The van der Waals surface area contributed by atoms with E-state index in [-0.39, 0.29) is 23.3 Å². The molecule has 0 bridgehead atoms. The number of carbonyl (C=O) groups excluding carboxylic acids is 1. The van der Waals surface area contributed by atoms with Crippen molar-refractivity contribution in [2.45, 2.75) is 65.8 Å². The summed E-state index contributed by atoms with van der Waals surface area (Å²) >= 11 is 0. The first-order valence-corrected chi connectivity index (χ1v) is 7.22. The Morgan fingerprint density at radius 2 is 1.74 bits per heavy atom. The fourth-order valence-corrected chi connectivity index (χ4v) is 2.36. The number of carbonyl (C=O) groups is 2. The van der Waals surface area contributed by atoms with Crippen molar-refractivity contribution in [2.75, 3.05) is 0 Å². The zero-order valence-electron chi connectivity index (χ0n) is 12.5. The van der Waals surface area contributed by atoms with Crippen LogP contribution in [0.15, 0.2) is 0 Å². The summed E-state index contributed by atoms with van der Waals surface area (Å²) in [6.45, 7) is 8.52. The molecule has 0 aromatic rings. The van der Waals surface area contributed by atoms with Crippen LogP contribution in [0.4, 0.5) is 0 Å². The minimum atomic E-state index is -0.703. The van der Waals surface area contributed by atoms with E-state index in [2.05, 4.69) is 33.0 Å². The fraction of sp³-hybridized carbons (Fsp3) is 0.867. The second kappa shape index (κ2) is 6.40. The maximum Gasteiger partial charge on any atom is 0.306 e. The van der Waals surface area contributed by atoms with Gasteiger partial charge in [-0.25, -0.2) is 0 Å². The molecule has 0 aliphatic heterocycles. The molecule has 0 spiro atoms. The molecule has 1 aliphatic rings. The maximum atomic E-state index is 12.0. The minimum absolute atomic E-state index is 0.0983. The standard InChI is InChI=1S/C15H27NO3/c1-10(15(2,3)4)9-13(17)16-12-7-5-11(6-8-12)14(18)19/h10-12H,5-9H2,1-4H3,(H,16,17)(H,18,19). The molecule has 1 unspecified atom stereocenters. The van der Waals surface area contributed by atoms with Crippen molar-refractivity contribution in [3.8, 4) is 0 Å². The second-order valence-electron chi connectivity index (χ2n) is 6.93. The average molecular weight is 269 g/mol. The van der Waals surface area contributed by atoms with Crippen LogP contribution in [0, 0.1) is 17.3 Å². The highest BCUT2D eigenvalue weighted by molar-refractivity contribution is 5.76. The number of carboxylic acid groups (broad SMARTS) is 1. The Labute approximate surface area is 116 Å². The number of rotatable bonds is 4. The Morgan fingerprint density at radius 1 is 1.21 bits per heavy atom. The number of nitrogens with one attached hydrogen (secondary N) is 1. The summed E-state index contributed by atoms with van der Waals surface area (Å²) in [6, 6.07) is 0.162. The molecule has 0 saturated heterocycles. The molecule has 1 amide bonds. The van der Waals surface area contributed by atoms with Gasteiger partial charge in [0.2, 0.25) is 5.91 Å². The lowest BCUT2D eigenvalue weighted by atomic mass is 9.80. The van der Waals surface area contributed by atoms with Crippen molar-refractivity contribution >= 4 is 11.9 Å². The third-order valence-electron chi connectivity index (χ3n) is 4.41. The number of hydrogen-bond acceptors (Lipinski definition) is 2. The van der Waals surface area contributed by atoms with Gasteiger partial charge >= 0.3 is 5.97 Å². The van der Waals surface area contributed by atoms with E-state index in [4.69, 9.17) is 5.11 Å². The molecule has 1 atom stereocenters. The van der Waals surface area contributed by atoms with E-state index in [0.717, 1.165) is 12.8 Å². The first-order valence-electron chi connectivity index (χ1n) is 7.22. The van der Waals surface area contributed by atoms with Crippen molar-refractivity contribution in [1.82, 2.24) is 5.32 Å². The molecule has 4 nitrogen and oxygen atoms in total. The topological polar surface area (TPSA) is 66.4 Å². The molecule has 2 N–H and O–H groups in total. The third-order valence-corrected chi connectivity index (χ3v) is 4.41. The van der Waals surface area contributed by atoms with E-state index in [0.29, 0.717) is 25.2 Å². The fourth-order valence-electron chi connectivity index (χ4n) is 2.36. The monoisotopic (exact) mass is 269 g/mol. The van der Waals surface area contributed by atoms with Gasteiger partial charge in [-0.15, -0.1) is 0 Å². The molecule has 1 saturated carbocycles. The van der Waals surface area contributed by atoms with Crippen LogP contribution < -0.4 is 5.32 Å². The molecule has 0 aromatic heterocycles. The van der Waals surface area contributed by atoms with Gasteiger partial charge in [0.1, 0.15) is 0 Å². The van der Waals surface area contributed by atoms with Crippen molar-refractivity contribution in [3.63, 3.8) is 0 Å². The molecular formula is C15H27NO3. The van der Waals surface area contributed by atoms with Gasteiger partial charge in [0, 0.05) is 12.5 Å². The average Bonchev–Trinajstić information content (AvgIpc) is 2.28. The van der Waals surface area contributed by atoms with Crippen molar-refractivity contribution in [1.29, 1.82) is 0 Å². The Bertz CT molecular complexity index is 325. The van der Waals surface area contributed by atoms with Gasteiger partial charge in [-0.1, -0.05) is 27.7 Å². The van der Waals surface area contributed by atoms with Crippen LogP contribution in [0.2, 0.25) is 0 Å². The van der Waals surface area contributed by atoms with Gasteiger partial charge in [-0.3, -0.25) is 9.59 Å². The molecule has 1 fully saturated rings. The smallest absolute Gasteiger partial charge is 0.306 e. The van der Waals surface area contributed by atoms with Crippen molar-refractivity contribution in [3.05, 3.63) is 0 Å². The predicted molar refractivity (Wildman–Crippen MR) is 74.8 cm³/mol.